The quantitative estimate of drug-likeness (QED) is 0.842. The number of carbonyl (C=O) groups excluding carboxylic acids is 1. The Morgan fingerprint density at radius 3 is 2.35 bits per heavy atom. The molecule has 1 unspecified atom stereocenters. The first-order valence-corrected chi connectivity index (χ1v) is 6.94. The first-order valence-electron chi connectivity index (χ1n) is 6.94. The van der Waals surface area contributed by atoms with Crippen LogP contribution in [0.2, 0.25) is 0 Å². The fraction of sp³-hybridized carbons (Fsp3) is 0.562. The van der Waals surface area contributed by atoms with E-state index in [-0.39, 0.29) is 18.3 Å². The summed E-state index contributed by atoms with van der Waals surface area (Å²) in [4.78, 5) is 12.1. The van der Waals surface area contributed by atoms with Crippen molar-refractivity contribution in [2.45, 2.75) is 40.2 Å². The van der Waals surface area contributed by atoms with Gasteiger partial charge in [-0.2, -0.15) is 0 Å². The highest BCUT2D eigenvalue weighted by Crippen LogP contribution is 2.25. The molecule has 1 rings (SSSR count). The van der Waals surface area contributed by atoms with E-state index in [1.807, 2.05) is 13.8 Å². The molecule has 0 aliphatic rings. The minimum absolute atomic E-state index is 0.0765. The molecule has 1 aromatic rings. The zero-order valence-corrected chi connectivity index (χ0v) is 12.6. The fourth-order valence-electron chi connectivity index (χ4n) is 2.34. The van der Waals surface area contributed by atoms with Gasteiger partial charge in [-0.1, -0.05) is 39.8 Å². The molecule has 1 atom stereocenters. The maximum absolute atomic E-state index is 12.8. The van der Waals surface area contributed by atoms with E-state index in [2.05, 4.69) is 19.2 Å². The lowest BCUT2D eigenvalue weighted by Gasteiger charge is -2.26. The Morgan fingerprint density at radius 2 is 1.85 bits per heavy atom. The van der Waals surface area contributed by atoms with E-state index in [1.54, 1.807) is 0 Å². The lowest BCUT2D eigenvalue weighted by molar-refractivity contribution is -0.130. The Hall–Kier alpha value is -1.42. The second kappa shape index (κ2) is 6.84. The molecule has 0 aliphatic heterocycles. The summed E-state index contributed by atoms with van der Waals surface area (Å²) in [5.74, 6) is 0.00758. The van der Waals surface area contributed by atoms with Gasteiger partial charge in [0.2, 0.25) is 5.91 Å². The third-order valence-corrected chi connectivity index (χ3v) is 3.24. The van der Waals surface area contributed by atoms with Gasteiger partial charge in [0.05, 0.1) is 6.10 Å². The molecule has 4 heteroatoms. The fourth-order valence-corrected chi connectivity index (χ4v) is 2.34. The minimum atomic E-state index is -0.825. The van der Waals surface area contributed by atoms with Crippen LogP contribution in [0.1, 0.15) is 45.8 Å². The molecular formula is C16H24FNO2. The number of hydrogen-bond donors (Lipinski definition) is 2. The van der Waals surface area contributed by atoms with Gasteiger partial charge in [0.1, 0.15) is 5.82 Å². The van der Waals surface area contributed by atoms with Crippen LogP contribution in [0.5, 0.6) is 0 Å². The van der Waals surface area contributed by atoms with Crippen molar-refractivity contribution in [2.24, 2.45) is 11.3 Å². The molecule has 112 valence electrons. The van der Waals surface area contributed by atoms with Crippen molar-refractivity contribution in [1.29, 1.82) is 0 Å². The Balaban J connectivity index is 2.54. The molecule has 0 saturated carbocycles. The number of halogens is 1. The van der Waals surface area contributed by atoms with Gasteiger partial charge in [0.25, 0.3) is 0 Å². The number of nitrogens with one attached hydrogen (secondary N) is 1. The van der Waals surface area contributed by atoms with Crippen molar-refractivity contribution < 1.29 is 14.3 Å². The van der Waals surface area contributed by atoms with Gasteiger partial charge in [0, 0.05) is 12.0 Å². The number of carbonyl (C=O) groups is 1. The Labute approximate surface area is 120 Å². The maximum Gasteiger partial charge on any atom is 0.225 e. The predicted octanol–water partition coefficient (Wildman–Crippen LogP) is 3.05. The molecule has 0 heterocycles. The van der Waals surface area contributed by atoms with Crippen LogP contribution in [0, 0.1) is 17.2 Å². The molecule has 0 radical (unpaired) electrons. The van der Waals surface area contributed by atoms with Gasteiger partial charge < -0.3 is 10.4 Å². The maximum atomic E-state index is 12.8. The van der Waals surface area contributed by atoms with Gasteiger partial charge in [-0.05, 0) is 30.0 Å². The number of aliphatic hydroxyl groups excluding tert-OH is 1. The topological polar surface area (TPSA) is 49.3 Å². The summed E-state index contributed by atoms with van der Waals surface area (Å²) in [5.41, 5.74) is 0.129. The lowest BCUT2D eigenvalue weighted by Crippen LogP contribution is -2.39. The van der Waals surface area contributed by atoms with E-state index in [0.717, 1.165) is 6.42 Å². The highest BCUT2D eigenvalue weighted by atomic mass is 19.1. The molecule has 2 N–H and O–H groups in total. The molecular weight excluding hydrogens is 257 g/mol. The van der Waals surface area contributed by atoms with Crippen LogP contribution in [-0.4, -0.2) is 17.6 Å². The number of benzene rings is 1. The molecule has 0 aliphatic carbocycles. The van der Waals surface area contributed by atoms with Crippen molar-refractivity contribution >= 4 is 5.91 Å². The second-order valence-electron chi connectivity index (χ2n) is 6.26. The largest absolute Gasteiger partial charge is 0.387 e. The number of amides is 1. The van der Waals surface area contributed by atoms with Crippen LogP contribution in [-0.2, 0) is 4.79 Å². The van der Waals surface area contributed by atoms with Gasteiger partial charge in [0.15, 0.2) is 0 Å². The third kappa shape index (κ3) is 4.93. The van der Waals surface area contributed by atoms with E-state index in [1.165, 1.54) is 24.3 Å². The van der Waals surface area contributed by atoms with Crippen molar-refractivity contribution in [1.82, 2.24) is 5.32 Å². The lowest BCUT2D eigenvalue weighted by atomic mass is 9.83. The molecule has 0 bridgehead atoms. The standard InChI is InChI=1S/C16H24FNO2/c1-11(2)9-16(3,4)15(20)18-10-14(19)12-5-7-13(17)8-6-12/h5-8,11,14,19H,9-10H2,1-4H3,(H,18,20). The minimum Gasteiger partial charge on any atom is -0.387 e. The van der Waals surface area contributed by atoms with Crippen LogP contribution in [0.15, 0.2) is 24.3 Å². The van der Waals surface area contributed by atoms with Crippen molar-refractivity contribution in [2.75, 3.05) is 6.54 Å². The van der Waals surface area contributed by atoms with Crippen molar-refractivity contribution in [3.8, 4) is 0 Å². The van der Waals surface area contributed by atoms with E-state index < -0.39 is 11.5 Å². The van der Waals surface area contributed by atoms with E-state index >= 15 is 0 Å². The average molecular weight is 281 g/mol. The van der Waals surface area contributed by atoms with E-state index in [0.29, 0.717) is 11.5 Å². The zero-order valence-electron chi connectivity index (χ0n) is 12.6. The number of hydrogen-bond acceptors (Lipinski definition) is 2. The third-order valence-electron chi connectivity index (χ3n) is 3.24. The summed E-state index contributed by atoms with van der Waals surface area (Å²) >= 11 is 0. The Kier molecular flexibility index (Phi) is 5.69. The Morgan fingerprint density at radius 1 is 1.30 bits per heavy atom. The molecule has 0 spiro atoms. The monoisotopic (exact) mass is 281 g/mol. The van der Waals surface area contributed by atoms with E-state index in [4.69, 9.17) is 0 Å². The van der Waals surface area contributed by atoms with Gasteiger partial charge in [-0.15, -0.1) is 0 Å². The van der Waals surface area contributed by atoms with Crippen LogP contribution in [0.25, 0.3) is 0 Å². The van der Waals surface area contributed by atoms with E-state index in [9.17, 15) is 14.3 Å². The number of aliphatic hydroxyl groups is 1. The van der Waals surface area contributed by atoms with Crippen LogP contribution in [0.4, 0.5) is 4.39 Å². The molecule has 0 aromatic heterocycles. The first kappa shape index (κ1) is 16.6. The van der Waals surface area contributed by atoms with Gasteiger partial charge in [-0.25, -0.2) is 4.39 Å². The molecule has 1 amide bonds. The zero-order chi connectivity index (χ0) is 15.3. The molecule has 3 nitrogen and oxygen atoms in total. The molecule has 1 aromatic carbocycles. The number of rotatable bonds is 6. The summed E-state index contributed by atoms with van der Waals surface area (Å²) in [7, 11) is 0. The summed E-state index contributed by atoms with van der Waals surface area (Å²) < 4.78 is 12.8. The molecule has 0 fully saturated rings. The summed E-state index contributed by atoms with van der Waals surface area (Å²) in [6, 6.07) is 5.63. The van der Waals surface area contributed by atoms with Crippen LogP contribution < -0.4 is 5.32 Å². The highest BCUT2D eigenvalue weighted by molar-refractivity contribution is 5.81. The average Bonchev–Trinajstić information content (AvgIpc) is 2.34. The van der Waals surface area contributed by atoms with Crippen molar-refractivity contribution in [3.63, 3.8) is 0 Å². The van der Waals surface area contributed by atoms with Crippen molar-refractivity contribution in [3.05, 3.63) is 35.6 Å². The van der Waals surface area contributed by atoms with Gasteiger partial charge in [-0.3, -0.25) is 4.79 Å². The Bertz CT molecular complexity index is 440. The summed E-state index contributed by atoms with van der Waals surface area (Å²) in [6.07, 6.45) is -0.0414. The predicted molar refractivity (Wildman–Crippen MR) is 77.6 cm³/mol. The second-order valence-corrected chi connectivity index (χ2v) is 6.26. The van der Waals surface area contributed by atoms with Crippen LogP contribution in [0.3, 0.4) is 0 Å². The molecule has 20 heavy (non-hydrogen) atoms. The smallest absolute Gasteiger partial charge is 0.225 e. The first-order chi connectivity index (χ1) is 9.22. The van der Waals surface area contributed by atoms with Crippen LogP contribution >= 0.6 is 0 Å². The summed E-state index contributed by atoms with van der Waals surface area (Å²) in [6.45, 7) is 8.07. The SMILES string of the molecule is CC(C)CC(C)(C)C(=O)NCC(O)c1ccc(F)cc1. The molecule has 0 saturated heterocycles. The van der Waals surface area contributed by atoms with Gasteiger partial charge >= 0.3 is 0 Å². The highest BCUT2D eigenvalue weighted by Gasteiger charge is 2.28. The summed E-state index contributed by atoms with van der Waals surface area (Å²) in [5, 5.41) is 12.7. The normalized spacial score (nSPS) is 13.3.